The van der Waals surface area contributed by atoms with Gasteiger partial charge in [0.25, 0.3) is 0 Å². The third-order valence-electron chi connectivity index (χ3n) is 4.49. The fourth-order valence-electron chi connectivity index (χ4n) is 2.90. The van der Waals surface area contributed by atoms with Crippen molar-refractivity contribution in [3.05, 3.63) is 24.3 Å². The Bertz CT molecular complexity index is 835. The molecule has 1 saturated heterocycles. The molecule has 1 aliphatic carbocycles. The van der Waals surface area contributed by atoms with Gasteiger partial charge >= 0.3 is 0 Å². The van der Waals surface area contributed by atoms with Crippen molar-refractivity contribution in [2.45, 2.75) is 47.2 Å². The second kappa shape index (κ2) is 6.93. The number of hydrogen-bond donors (Lipinski definition) is 2. The number of hydrogen-bond acceptors (Lipinski definition) is 6. The molecule has 2 N–H and O–H groups in total. The van der Waals surface area contributed by atoms with Crippen LogP contribution in [-0.2, 0) is 24.8 Å². The molecule has 0 aromatic heterocycles. The van der Waals surface area contributed by atoms with Crippen LogP contribution in [-0.4, -0.2) is 64.7 Å². The summed E-state index contributed by atoms with van der Waals surface area (Å²) in [5, 5.41) is 9.48. The number of nitrogens with one attached hydrogen (secondary N) is 1. The van der Waals surface area contributed by atoms with E-state index >= 15 is 0 Å². The summed E-state index contributed by atoms with van der Waals surface area (Å²) in [6.45, 7) is -0.193. The SMILES string of the molecule is CO[C@H]1C[C@@H](CO)N(S(=O)(=O)c2cccc(S(=O)(=O)NC3CC3)c2)C1. The molecule has 0 amide bonds. The van der Waals surface area contributed by atoms with Gasteiger partial charge in [-0.3, -0.25) is 0 Å². The minimum absolute atomic E-state index is 0.0647. The van der Waals surface area contributed by atoms with E-state index in [2.05, 4.69) is 4.72 Å². The molecular formula is C15H22N2O6S2. The lowest BCUT2D eigenvalue weighted by Crippen LogP contribution is -2.38. The minimum Gasteiger partial charge on any atom is -0.395 e. The molecule has 3 rings (SSSR count). The first-order valence-corrected chi connectivity index (χ1v) is 11.0. The maximum atomic E-state index is 12.9. The van der Waals surface area contributed by atoms with Gasteiger partial charge in [-0.25, -0.2) is 21.6 Å². The lowest BCUT2D eigenvalue weighted by atomic mass is 10.2. The molecule has 1 aromatic carbocycles. The van der Waals surface area contributed by atoms with Crippen LogP contribution in [0.1, 0.15) is 19.3 Å². The Morgan fingerprint density at radius 2 is 1.92 bits per heavy atom. The molecule has 2 aliphatic rings. The van der Waals surface area contributed by atoms with Crippen molar-refractivity contribution in [2.24, 2.45) is 0 Å². The minimum atomic E-state index is -3.94. The molecule has 1 heterocycles. The maximum absolute atomic E-state index is 12.9. The van der Waals surface area contributed by atoms with E-state index in [9.17, 15) is 21.9 Å². The zero-order chi connectivity index (χ0) is 18.2. The highest BCUT2D eigenvalue weighted by atomic mass is 32.2. The summed E-state index contributed by atoms with van der Waals surface area (Å²) in [6, 6.07) is 4.65. The van der Waals surface area contributed by atoms with Crippen LogP contribution < -0.4 is 4.72 Å². The first-order chi connectivity index (χ1) is 11.8. The van der Waals surface area contributed by atoms with Crippen molar-refractivity contribution < 1.29 is 26.7 Å². The van der Waals surface area contributed by atoms with Gasteiger partial charge in [0.15, 0.2) is 0 Å². The van der Waals surface area contributed by atoms with Crippen molar-refractivity contribution in [1.82, 2.24) is 9.03 Å². The summed E-state index contributed by atoms with van der Waals surface area (Å²) in [5.41, 5.74) is 0. The largest absolute Gasteiger partial charge is 0.395 e. The molecule has 0 spiro atoms. The number of aliphatic hydroxyl groups is 1. The van der Waals surface area contributed by atoms with E-state index in [4.69, 9.17) is 4.74 Å². The second-order valence-corrected chi connectivity index (χ2v) is 9.98. The fraction of sp³-hybridized carbons (Fsp3) is 0.600. The summed E-state index contributed by atoms with van der Waals surface area (Å²) in [7, 11) is -6.19. The predicted molar refractivity (Wildman–Crippen MR) is 90.0 cm³/mol. The fourth-order valence-corrected chi connectivity index (χ4v) is 6.03. The molecule has 8 nitrogen and oxygen atoms in total. The molecule has 1 aromatic rings. The maximum Gasteiger partial charge on any atom is 0.243 e. The normalized spacial score (nSPS) is 25.4. The number of nitrogens with zero attached hydrogens (tertiary/aromatic N) is 1. The molecule has 10 heteroatoms. The third-order valence-corrected chi connectivity index (χ3v) is 7.92. The van der Waals surface area contributed by atoms with E-state index in [-0.39, 0.29) is 35.1 Å². The quantitative estimate of drug-likeness (QED) is 0.672. The Morgan fingerprint density at radius 1 is 1.24 bits per heavy atom. The molecule has 1 aliphatic heterocycles. The van der Waals surface area contributed by atoms with Gasteiger partial charge in [-0.1, -0.05) is 6.07 Å². The van der Waals surface area contributed by atoms with E-state index < -0.39 is 26.1 Å². The predicted octanol–water partition coefficient (Wildman–Crippen LogP) is -0.102. The Morgan fingerprint density at radius 3 is 2.52 bits per heavy atom. The number of aliphatic hydroxyl groups excluding tert-OH is 1. The molecular weight excluding hydrogens is 368 g/mol. The van der Waals surface area contributed by atoms with Gasteiger partial charge < -0.3 is 9.84 Å². The van der Waals surface area contributed by atoms with E-state index in [1.54, 1.807) is 0 Å². The standard InChI is InChI=1S/C15H22N2O6S2/c1-23-13-7-12(10-18)17(9-13)25(21,22)15-4-2-3-14(8-15)24(19,20)16-11-5-6-11/h2-4,8,11-13,16,18H,5-7,9-10H2,1H3/t12-,13-/m0/s1. The smallest absolute Gasteiger partial charge is 0.243 e. The Hall–Kier alpha value is -1.04. The monoisotopic (exact) mass is 390 g/mol. The van der Waals surface area contributed by atoms with Crippen LogP contribution in [0.25, 0.3) is 0 Å². The lowest BCUT2D eigenvalue weighted by Gasteiger charge is -2.22. The molecule has 0 bridgehead atoms. The number of sulfonamides is 2. The van der Waals surface area contributed by atoms with Crippen LogP contribution in [0, 0.1) is 0 Å². The first-order valence-electron chi connectivity index (χ1n) is 8.06. The molecule has 1 saturated carbocycles. The van der Waals surface area contributed by atoms with E-state index in [0.29, 0.717) is 6.42 Å². The highest BCUT2D eigenvalue weighted by molar-refractivity contribution is 7.90. The summed E-state index contributed by atoms with van der Waals surface area (Å²) in [6.07, 6.45) is 1.69. The van der Waals surface area contributed by atoms with Gasteiger partial charge in [0.05, 0.1) is 28.5 Å². The Labute approximate surface area is 147 Å². The second-order valence-electron chi connectivity index (χ2n) is 6.37. The van der Waals surface area contributed by atoms with Crippen LogP contribution in [0.2, 0.25) is 0 Å². The summed E-state index contributed by atoms with van der Waals surface area (Å²) in [4.78, 5) is -0.190. The molecule has 2 atom stereocenters. The lowest BCUT2D eigenvalue weighted by molar-refractivity contribution is 0.113. The number of rotatable bonds is 7. The van der Waals surface area contributed by atoms with Crippen molar-refractivity contribution in [3.8, 4) is 0 Å². The van der Waals surface area contributed by atoms with Crippen LogP contribution in [0.5, 0.6) is 0 Å². The van der Waals surface area contributed by atoms with Crippen molar-refractivity contribution in [3.63, 3.8) is 0 Å². The number of methoxy groups -OCH3 is 1. The van der Waals surface area contributed by atoms with Crippen molar-refractivity contribution in [2.75, 3.05) is 20.3 Å². The first kappa shape index (κ1) is 18.7. The molecule has 2 fully saturated rings. The van der Waals surface area contributed by atoms with Gasteiger partial charge in [0, 0.05) is 19.7 Å². The average Bonchev–Trinajstić information content (AvgIpc) is 3.28. The zero-order valence-electron chi connectivity index (χ0n) is 13.8. The van der Waals surface area contributed by atoms with Gasteiger partial charge in [0.1, 0.15) is 0 Å². The molecule has 0 radical (unpaired) electrons. The summed E-state index contributed by atoms with van der Waals surface area (Å²) in [5.74, 6) is 0. The topological polar surface area (TPSA) is 113 Å². The number of benzene rings is 1. The Kier molecular flexibility index (Phi) is 5.20. The highest BCUT2D eigenvalue weighted by Crippen LogP contribution is 2.29. The van der Waals surface area contributed by atoms with Gasteiger partial charge in [-0.05, 0) is 37.5 Å². The third kappa shape index (κ3) is 3.88. The van der Waals surface area contributed by atoms with Gasteiger partial charge in [0.2, 0.25) is 20.0 Å². The zero-order valence-corrected chi connectivity index (χ0v) is 15.5. The molecule has 140 valence electrons. The molecule has 0 unspecified atom stereocenters. The summed E-state index contributed by atoms with van der Waals surface area (Å²) >= 11 is 0. The Balaban J connectivity index is 1.91. The van der Waals surface area contributed by atoms with Gasteiger partial charge in [-0.15, -0.1) is 0 Å². The number of ether oxygens (including phenoxy) is 1. The highest BCUT2D eigenvalue weighted by Gasteiger charge is 2.40. The summed E-state index contributed by atoms with van der Waals surface area (Å²) < 4.78 is 59.4. The average molecular weight is 390 g/mol. The van der Waals surface area contributed by atoms with E-state index in [1.807, 2.05) is 0 Å². The molecule has 25 heavy (non-hydrogen) atoms. The van der Waals surface area contributed by atoms with Crippen LogP contribution in [0.3, 0.4) is 0 Å². The van der Waals surface area contributed by atoms with Crippen LogP contribution in [0.4, 0.5) is 0 Å². The van der Waals surface area contributed by atoms with Crippen LogP contribution >= 0.6 is 0 Å². The van der Waals surface area contributed by atoms with Gasteiger partial charge in [-0.2, -0.15) is 4.31 Å². The van der Waals surface area contributed by atoms with Crippen molar-refractivity contribution >= 4 is 20.0 Å². The van der Waals surface area contributed by atoms with Crippen molar-refractivity contribution in [1.29, 1.82) is 0 Å². The van der Waals surface area contributed by atoms with Crippen LogP contribution in [0.15, 0.2) is 34.1 Å². The van der Waals surface area contributed by atoms with E-state index in [0.717, 1.165) is 18.9 Å². The van der Waals surface area contributed by atoms with E-state index in [1.165, 1.54) is 29.6 Å².